The zero-order valence-corrected chi connectivity index (χ0v) is 11.1. The molecule has 0 saturated heterocycles. The predicted molar refractivity (Wildman–Crippen MR) is 76.7 cm³/mol. The Morgan fingerprint density at radius 2 is 2.21 bits per heavy atom. The molecular formula is C15H17FN2O. The summed E-state index contributed by atoms with van der Waals surface area (Å²) in [4.78, 5) is 14.7. The molecule has 2 N–H and O–H groups in total. The first-order valence-electron chi connectivity index (χ1n) is 6.27. The van der Waals surface area contributed by atoms with Crippen LogP contribution in [-0.2, 0) is 0 Å². The Bertz CT molecular complexity index is 672. The van der Waals surface area contributed by atoms with Crippen LogP contribution in [0, 0.1) is 5.82 Å². The van der Waals surface area contributed by atoms with Gasteiger partial charge in [-0.2, -0.15) is 0 Å². The number of halogens is 1. The van der Waals surface area contributed by atoms with Gasteiger partial charge in [0.15, 0.2) is 0 Å². The number of rotatable bonds is 4. The Hall–Kier alpha value is -1.94. The molecule has 1 unspecified atom stereocenters. The van der Waals surface area contributed by atoms with Crippen molar-refractivity contribution in [3.05, 3.63) is 52.2 Å². The second kappa shape index (κ2) is 5.36. The molecule has 1 atom stereocenters. The molecule has 0 radical (unpaired) electrons. The van der Waals surface area contributed by atoms with Crippen LogP contribution in [0.3, 0.4) is 0 Å². The lowest BCUT2D eigenvalue weighted by Gasteiger charge is -2.19. The van der Waals surface area contributed by atoms with Gasteiger partial charge in [0.05, 0.1) is 5.39 Å². The first-order chi connectivity index (χ1) is 9.12. The Labute approximate surface area is 111 Å². The van der Waals surface area contributed by atoms with Crippen molar-refractivity contribution in [3.63, 3.8) is 0 Å². The van der Waals surface area contributed by atoms with Gasteiger partial charge in [-0.3, -0.25) is 4.79 Å². The summed E-state index contributed by atoms with van der Waals surface area (Å²) in [5, 5.41) is 4.34. The smallest absolute Gasteiger partial charge is 0.256 e. The Balaban J connectivity index is 2.89. The zero-order chi connectivity index (χ0) is 14.0. The zero-order valence-electron chi connectivity index (χ0n) is 11.1. The fraction of sp³-hybridized carbons (Fsp3) is 0.267. The van der Waals surface area contributed by atoms with Crippen LogP contribution in [0.2, 0.25) is 0 Å². The van der Waals surface area contributed by atoms with Crippen LogP contribution in [0.25, 0.3) is 16.8 Å². The van der Waals surface area contributed by atoms with E-state index in [1.165, 1.54) is 12.1 Å². The van der Waals surface area contributed by atoms with Gasteiger partial charge in [-0.05, 0) is 37.1 Å². The molecular weight excluding hydrogens is 243 g/mol. The maximum Gasteiger partial charge on any atom is 0.256 e. The average Bonchev–Trinajstić information content (AvgIpc) is 2.42. The maximum absolute atomic E-state index is 13.3. The largest absolute Gasteiger partial charge is 0.322 e. The molecule has 0 spiro atoms. The summed E-state index contributed by atoms with van der Waals surface area (Å²) in [5.41, 5.74) is 1.35. The highest BCUT2D eigenvalue weighted by Crippen LogP contribution is 2.27. The van der Waals surface area contributed by atoms with Crippen LogP contribution in [0.4, 0.5) is 4.39 Å². The minimum absolute atomic E-state index is 0.0813. The van der Waals surface area contributed by atoms with Crippen LogP contribution < -0.4 is 10.9 Å². The number of aromatic amines is 1. The van der Waals surface area contributed by atoms with Crippen molar-refractivity contribution in [1.29, 1.82) is 0 Å². The van der Waals surface area contributed by atoms with Crippen LogP contribution in [-0.4, -0.2) is 12.0 Å². The van der Waals surface area contributed by atoms with E-state index in [-0.39, 0.29) is 11.6 Å². The number of hydrogen-bond donors (Lipinski definition) is 2. The molecule has 100 valence electrons. The lowest BCUT2D eigenvalue weighted by molar-refractivity contribution is 0.577. The van der Waals surface area contributed by atoms with Crippen molar-refractivity contribution in [2.24, 2.45) is 0 Å². The van der Waals surface area contributed by atoms with Gasteiger partial charge in [0.1, 0.15) is 5.82 Å². The molecule has 19 heavy (non-hydrogen) atoms. The van der Waals surface area contributed by atoms with Crippen molar-refractivity contribution >= 4 is 16.8 Å². The molecule has 1 aromatic carbocycles. The van der Waals surface area contributed by atoms with Gasteiger partial charge in [-0.25, -0.2) is 4.39 Å². The van der Waals surface area contributed by atoms with E-state index >= 15 is 0 Å². The minimum atomic E-state index is -0.409. The molecule has 0 amide bonds. The van der Waals surface area contributed by atoms with E-state index in [0.29, 0.717) is 11.1 Å². The van der Waals surface area contributed by atoms with Crippen LogP contribution >= 0.6 is 0 Å². The summed E-state index contributed by atoms with van der Waals surface area (Å²) >= 11 is 0. The predicted octanol–water partition coefficient (Wildman–Crippen LogP) is 2.98. The van der Waals surface area contributed by atoms with Gasteiger partial charge in [0, 0.05) is 17.3 Å². The molecule has 0 fully saturated rings. The first-order valence-corrected chi connectivity index (χ1v) is 6.27. The van der Waals surface area contributed by atoms with Crippen molar-refractivity contribution < 1.29 is 4.39 Å². The monoisotopic (exact) mass is 260 g/mol. The van der Waals surface area contributed by atoms with Gasteiger partial charge in [0.2, 0.25) is 0 Å². The molecule has 0 aliphatic heterocycles. The Morgan fingerprint density at radius 3 is 2.79 bits per heavy atom. The van der Waals surface area contributed by atoms with Crippen LogP contribution in [0.15, 0.2) is 29.6 Å². The summed E-state index contributed by atoms with van der Waals surface area (Å²) < 4.78 is 13.3. The first kappa shape index (κ1) is 13.5. The topological polar surface area (TPSA) is 44.9 Å². The Morgan fingerprint density at radius 1 is 1.47 bits per heavy atom. The third-order valence-corrected chi connectivity index (χ3v) is 3.36. The molecule has 0 bridgehead atoms. The van der Waals surface area contributed by atoms with Crippen LogP contribution in [0.5, 0.6) is 0 Å². The second-order valence-corrected chi connectivity index (χ2v) is 4.43. The van der Waals surface area contributed by atoms with E-state index in [9.17, 15) is 9.18 Å². The molecule has 2 aromatic rings. The van der Waals surface area contributed by atoms with Crippen molar-refractivity contribution in [3.8, 4) is 0 Å². The van der Waals surface area contributed by atoms with Crippen molar-refractivity contribution in [2.45, 2.75) is 19.4 Å². The van der Waals surface area contributed by atoms with Gasteiger partial charge in [0.25, 0.3) is 5.56 Å². The summed E-state index contributed by atoms with van der Waals surface area (Å²) in [6.07, 6.45) is 2.48. The number of H-pyrrole nitrogens is 1. The molecule has 2 rings (SSSR count). The highest BCUT2D eigenvalue weighted by molar-refractivity contribution is 5.87. The molecule has 1 aromatic heterocycles. The summed E-state index contributed by atoms with van der Waals surface area (Å²) in [6, 6.07) is 4.38. The van der Waals surface area contributed by atoms with E-state index < -0.39 is 5.82 Å². The highest BCUT2D eigenvalue weighted by Gasteiger charge is 2.16. The van der Waals surface area contributed by atoms with Crippen molar-refractivity contribution in [2.75, 3.05) is 7.05 Å². The third-order valence-electron chi connectivity index (χ3n) is 3.36. The lowest BCUT2D eigenvalue weighted by Crippen LogP contribution is -2.20. The molecule has 0 saturated carbocycles. The number of benzene rings is 1. The normalized spacial score (nSPS) is 12.6. The Kier molecular flexibility index (Phi) is 3.81. The molecule has 3 nitrogen and oxygen atoms in total. The molecule has 0 aliphatic rings. The van der Waals surface area contributed by atoms with E-state index in [1.54, 1.807) is 12.1 Å². The molecule has 1 heterocycles. The van der Waals surface area contributed by atoms with Gasteiger partial charge in [-0.15, -0.1) is 0 Å². The SMILES string of the molecule is C=Cc1[nH]c(=O)c2cc(F)ccc2c1C(CC)NC. The summed E-state index contributed by atoms with van der Waals surface area (Å²) in [6.45, 7) is 5.79. The fourth-order valence-electron chi connectivity index (χ4n) is 2.43. The number of fused-ring (bicyclic) bond motifs is 1. The second-order valence-electron chi connectivity index (χ2n) is 4.43. The number of pyridine rings is 1. The van der Waals surface area contributed by atoms with E-state index in [4.69, 9.17) is 0 Å². The summed E-state index contributed by atoms with van der Waals surface area (Å²) in [5.74, 6) is -0.409. The highest BCUT2D eigenvalue weighted by atomic mass is 19.1. The van der Waals surface area contributed by atoms with E-state index in [0.717, 1.165) is 17.4 Å². The minimum Gasteiger partial charge on any atom is -0.322 e. The molecule has 0 aliphatic carbocycles. The summed E-state index contributed by atoms with van der Waals surface area (Å²) in [7, 11) is 1.86. The number of hydrogen-bond acceptors (Lipinski definition) is 2. The maximum atomic E-state index is 13.3. The molecule has 4 heteroatoms. The third kappa shape index (κ3) is 2.31. The lowest BCUT2D eigenvalue weighted by atomic mass is 9.96. The number of nitrogens with one attached hydrogen (secondary N) is 2. The van der Waals surface area contributed by atoms with Crippen LogP contribution in [0.1, 0.15) is 30.6 Å². The van der Waals surface area contributed by atoms with Gasteiger partial charge in [-0.1, -0.05) is 19.6 Å². The van der Waals surface area contributed by atoms with Crippen molar-refractivity contribution in [1.82, 2.24) is 10.3 Å². The average molecular weight is 260 g/mol. The standard InChI is InChI=1S/C15H17FN2O/c1-4-12(17-3)14-10-7-6-9(16)8-11(10)15(19)18-13(14)5-2/h5-8,12,17H,2,4H2,1,3H3,(H,18,19). The fourth-order valence-corrected chi connectivity index (χ4v) is 2.43. The van der Waals surface area contributed by atoms with Gasteiger partial charge >= 0.3 is 0 Å². The number of aromatic nitrogens is 1. The van der Waals surface area contributed by atoms with Gasteiger partial charge < -0.3 is 10.3 Å². The van der Waals surface area contributed by atoms with E-state index in [1.807, 2.05) is 7.05 Å². The van der Waals surface area contributed by atoms with E-state index in [2.05, 4.69) is 23.8 Å². The quantitative estimate of drug-likeness (QED) is 0.887.